The second-order valence-electron chi connectivity index (χ2n) is 6.28. The Kier molecular flexibility index (Phi) is 4.11. The number of hydrogen-bond donors (Lipinski definition) is 1. The van der Waals surface area contributed by atoms with E-state index in [9.17, 15) is 19.7 Å². The SMILES string of the molecule is Cc1ccc2nc(NC(=O)C3CN(C(=O)c4ccc([N+](=O)[O-])o4)C3)sc2c1. The average Bonchev–Trinajstić information content (AvgIpc) is 3.19. The standard InChI is InChI=1S/C17H14N4O5S/c1-9-2-3-11-13(6-9)27-17(18-11)19-15(22)10-7-20(8-10)16(23)12-4-5-14(26-12)21(24)25/h2-6,10H,7-8H2,1H3,(H,18,19,22). The highest BCUT2D eigenvalue weighted by atomic mass is 32.1. The molecule has 0 radical (unpaired) electrons. The van der Waals surface area contributed by atoms with E-state index >= 15 is 0 Å². The highest BCUT2D eigenvalue weighted by Crippen LogP contribution is 2.28. The van der Waals surface area contributed by atoms with E-state index in [1.165, 1.54) is 22.3 Å². The highest BCUT2D eigenvalue weighted by Gasteiger charge is 2.37. The van der Waals surface area contributed by atoms with Crippen LogP contribution in [-0.2, 0) is 4.79 Å². The molecule has 1 aliphatic rings. The molecule has 0 aliphatic carbocycles. The minimum Gasteiger partial charge on any atom is -0.395 e. The van der Waals surface area contributed by atoms with Crippen LogP contribution >= 0.6 is 11.3 Å². The number of thiazole rings is 1. The molecule has 10 heteroatoms. The predicted molar refractivity (Wildman–Crippen MR) is 97.7 cm³/mol. The van der Waals surface area contributed by atoms with E-state index in [0.717, 1.165) is 21.8 Å². The average molecular weight is 386 g/mol. The summed E-state index contributed by atoms with van der Waals surface area (Å²) < 4.78 is 5.89. The van der Waals surface area contributed by atoms with Gasteiger partial charge in [0.15, 0.2) is 10.9 Å². The van der Waals surface area contributed by atoms with Gasteiger partial charge in [-0.3, -0.25) is 19.7 Å². The summed E-state index contributed by atoms with van der Waals surface area (Å²) in [4.78, 5) is 40.3. The molecule has 2 aromatic heterocycles. The number of carbonyl (C=O) groups excluding carboxylic acids is 2. The van der Waals surface area contributed by atoms with E-state index in [-0.39, 0.29) is 30.7 Å². The first-order valence-electron chi connectivity index (χ1n) is 8.12. The van der Waals surface area contributed by atoms with E-state index in [0.29, 0.717) is 5.13 Å². The van der Waals surface area contributed by atoms with Crippen molar-refractivity contribution in [3.05, 3.63) is 51.8 Å². The van der Waals surface area contributed by atoms with E-state index in [1.807, 2.05) is 25.1 Å². The lowest BCUT2D eigenvalue weighted by atomic mass is 9.99. The Hall–Kier alpha value is -3.27. The number of nitro groups is 1. The fourth-order valence-corrected chi connectivity index (χ4v) is 3.77. The van der Waals surface area contributed by atoms with Gasteiger partial charge in [0.2, 0.25) is 5.91 Å². The lowest BCUT2D eigenvalue weighted by Gasteiger charge is -2.37. The number of rotatable bonds is 4. The lowest BCUT2D eigenvalue weighted by Crippen LogP contribution is -2.54. The first-order chi connectivity index (χ1) is 12.9. The van der Waals surface area contributed by atoms with Crippen LogP contribution in [0.4, 0.5) is 11.0 Å². The number of aromatic nitrogens is 1. The van der Waals surface area contributed by atoms with Gasteiger partial charge in [0.05, 0.1) is 22.2 Å². The van der Waals surface area contributed by atoms with Crippen molar-refractivity contribution in [3.63, 3.8) is 0 Å². The van der Waals surface area contributed by atoms with Crippen LogP contribution in [0.1, 0.15) is 16.1 Å². The maximum absolute atomic E-state index is 12.3. The Morgan fingerprint density at radius 2 is 2.11 bits per heavy atom. The molecular weight excluding hydrogens is 372 g/mol. The van der Waals surface area contributed by atoms with Crippen LogP contribution < -0.4 is 5.32 Å². The molecule has 0 atom stereocenters. The van der Waals surface area contributed by atoms with Gasteiger partial charge in [-0.05, 0) is 30.7 Å². The molecular formula is C17H14N4O5S. The van der Waals surface area contributed by atoms with E-state index in [4.69, 9.17) is 4.42 Å². The van der Waals surface area contributed by atoms with Gasteiger partial charge in [0.25, 0.3) is 5.91 Å². The van der Waals surface area contributed by atoms with Gasteiger partial charge in [-0.1, -0.05) is 17.4 Å². The largest absolute Gasteiger partial charge is 0.433 e. The molecule has 0 bridgehead atoms. The Balaban J connectivity index is 1.36. The van der Waals surface area contributed by atoms with Gasteiger partial charge in [-0.2, -0.15) is 0 Å². The molecule has 0 spiro atoms. The smallest absolute Gasteiger partial charge is 0.395 e. The van der Waals surface area contributed by atoms with Crippen molar-refractivity contribution < 1.29 is 18.9 Å². The van der Waals surface area contributed by atoms with Crippen molar-refractivity contribution in [2.75, 3.05) is 18.4 Å². The molecule has 0 unspecified atom stereocenters. The summed E-state index contributed by atoms with van der Waals surface area (Å²) >= 11 is 1.40. The van der Waals surface area contributed by atoms with Crippen LogP contribution in [0.25, 0.3) is 10.2 Å². The highest BCUT2D eigenvalue weighted by molar-refractivity contribution is 7.22. The summed E-state index contributed by atoms with van der Waals surface area (Å²) in [5.41, 5.74) is 1.95. The number of nitrogens with zero attached hydrogens (tertiary/aromatic N) is 3. The minimum atomic E-state index is -0.706. The summed E-state index contributed by atoms with van der Waals surface area (Å²) in [7, 11) is 0. The summed E-state index contributed by atoms with van der Waals surface area (Å²) in [5, 5.41) is 13.9. The van der Waals surface area contributed by atoms with Crippen molar-refractivity contribution in [3.8, 4) is 0 Å². The zero-order chi connectivity index (χ0) is 19.1. The molecule has 1 N–H and O–H groups in total. The third-order valence-corrected chi connectivity index (χ3v) is 5.23. The monoisotopic (exact) mass is 386 g/mol. The fraction of sp³-hybridized carbons (Fsp3) is 0.235. The number of benzene rings is 1. The van der Waals surface area contributed by atoms with Crippen LogP contribution in [0.3, 0.4) is 0 Å². The van der Waals surface area contributed by atoms with Crippen molar-refractivity contribution >= 4 is 44.4 Å². The Morgan fingerprint density at radius 3 is 2.81 bits per heavy atom. The van der Waals surface area contributed by atoms with Crippen LogP contribution in [-0.4, -0.2) is 39.7 Å². The van der Waals surface area contributed by atoms with E-state index in [1.54, 1.807) is 0 Å². The Morgan fingerprint density at radius 1 is 1.33 bits per heavy atom. The third kappa shape index (κ3) is 3.26. The third-order valence-electron chi connectivity index (χ3n) is 4.30. The van der Waals surface area contributed by atoms with Gasteiger partial charge < -0.3 is 14.6 Å². The van der Waals surface area contributed by atoms with Crippen LogP contribution in [0, 0.1) is 23.0 Å². The van der Waals surface area contributed by atoms with E-state index in [2.05, 4.69) is 10.3 Å². The second-order valence-corrected chi connectivity index (χ2v) is 7.31. The second kappa shape index (κ2) is 6.47. The fourth-order valence-electron chi connectivity index (χ4n) is 2.80. The van der Waals surface area contributed by atoms with Crippen LogP contribution in [0.5, 0.6) is 0 Å². The zero-order valence-corrected chi connectivity index (χ0v) is 15.0. The number of fused-ring (bicyclic) bond motifs is 1. The molecule has 2 amide bonds. The van der Waals surface area contributed by atoms with E-state index < -0.39 is 16.7 Å². The number of likely N-dealkylation sites (tertiary alicyclic amines) is 1. The number of amides is 2. The minimum absolute atomic E-state index is 0.109. The number of hydrogen-bond acceptors (Lipinski definition) is 7. The van der Waals surface area contributed by atoms with Gasteiger partial charge in [-0.25, -0.2) is 4.98 Å². The molecule has 138 valence electrons. The predicted octanol–water partition coefficient (Wildman–Crippen LogP) is 2.82. The molecule has 1 aromatic carbocycles. The van der Waals surface area contributed by atoms with Gasteiger partial charge in [0, 0.05) is 13.1 Å². The zero-order valence-electron chi connectivity index (χ0n) is 14.2. The van der Waals surface area contributed by atoms with Crippen LogP contribution in [0.15, 0.2) is 34.7 Å². The van der Waals surface area contributed by atoms with Crippen LogP contribution in [0.2, 0.25) is 0 Å². The lowest BCUT2D eigenvalue weighted by molar-refractivity contribution is -0.402. The summed E-state index contributed by atoms with van der Waals surface area (Å²) in [6, 6.07) is 8.27. The molecule has 27 heavy (non-hydrogen) atoms. The number of furan rings is 1. The van der Waals surface area contributed by atoms with Gasteiger partial charge in [0.1, 0.15) is 4.92 Å². The summed E-state index contributed by atoms with van der Waals surface area (Å²) in [5.74, 6) is -1.63. The van der Waals surface area contributed by atoms with Crippen molar-refractivity contribution in [2.24, 2.45) is 5.92 Å². The molecule has 3 heterocycles. The Bertz CT molecular complexity index is 1070. The molecule has 9 nitrogen and oxygen atoms in total. The van der Waals surface area contributed by atoms with Crippen molar-refractivity contribution in [1.29, 1.82) is 0 Å². The maximum Gasteiger partial charge on any atom is 0.433 e. The van der Waals surface area contributed by atoms with Crippen molar-refractivity contribution in [1.82, 2.24) is 9.88 Å². The number of anilines is 1. The maximum atomic E-state index is 12.3. The molecule has 1 fully saturated rings. The van der Waals surface area contributed by atoms with Crippen molar-refractivity contribution in [2.45, 2.75) is 6.92 Å². The molecule has 4 rings (SSSR count). The number of nitrogens with one attached hydrogen (secondary N) is 1. The number of aryl methyl sites for hydroxylation is 1. The quantitative estimate of drug-likeness (QED) is 0.544. The first-order valence-corrected chi connectivity index (χ1v) is 8.94. The molecule has 3 aromatic rings. The summed E-state index contributed by atoms with van der Waals surface area (Å²) in [6.07, 6.45) is 0. The van der Waals surface area contributed by atoms with Gasteiger partial charge >= 0.3 is 5.88 Å². The molecule has 0 saturated carbocycles. The first kappa shape index (κ1) is 17.2. The number of carbonyl (C=O) groups is 2. The van der Waals surface area contributed by atoms with Gasteiger partial charge in [-0.15, -0.1) is 0 Å². The normalized spacial score (nSPS) is 14.2. The molecule has 1 saturated heterocycles. The Labute approximate surface area is 156 Å². The summed E-state index contributed by atoms with van der Waals surface area (Å²) in [6.45, 7) is 2.44. The molecule has 1 aliphatic heterocycles. The topological polar surface area (TPSA) is 119 Å².